The van der Waals surface area contributed by atoms with Crippen molar-refractivity contribution >= 4 is 12.0 Å². The SMILES string of the molecule is COC(=O)c1ccc(/C=C/CC2(O)CCCCCC2)cc1. The lowest BCUT2D eigenvalue weighted by Gasteiger charge is -2.24. The molecule has 2 rings (SSSR count). The van der Waals surface area contributed by atoms with E-state index in [9.17, 15) is 9.90 Å². The summed E-state index contributed by atoms with van der Waals surface area (Å²) in [6.07, 6.45) is 11.3. The molecule has 0 unspecified atom stereocenters. The van der Waals surface area contributed by atoms with Gasteiger partial charge in [-0.1, -0.05) is 50.0 Å². The fraction of sp³-hybridized carbons (Fsp3) is 0.500. The third kappa shape index (κ3) is 4.71. The topological polar surface area (TPSA) is 46.5 Å². The molecule has 0 aliphatic heterocycles. The predicted molar refractivity (Wildman–Crippen MR) is 84.1 cm³/mol. The maximum atomic E-state index is 11.3. The lowest BCUT2D eigenvalue weighted by atomic mass is 9.90. The Morgan fingerprint density at radius 2 is 1.81 bits per heavy atom. The van der Waals surface area contributed by atoms with E-state index in [0.717, 1.165) is 31.2 Å². The molecular weight excluding hydrogens is 264 g/mol. The first kappa shape index (κ1) is 15.8. The summed E-state index contributed by atoms with van der Waals surface area (Å²) in [6.45, 7) is 0. The number of esters is 1. The van der Waals surface area contributed by atoms with Gasteiger partial charge in [0.2, 0.25) is 0 Å². The van der Waals surface area contributed by atoms with Crippen LogP contribution in [0.2, 0.25) is 0 Å². The fourth-order valence-electron chi connectivity index (χ4n) is 2.85. The number of methoxy groups -OCH3 is 1. The molecular formula is C18H24O3. The zero-order valence-electron chi connectivity index (χ0n) is 12.7. The summed E-state index contributed by atoms with van der Waals surface area (Å²) in [4.78, 5) is 11.3. The summed E-state index contributed by atoms with van der Waals surface area (Å²) in [6, 6.07) is 7.29. The lowest BCUT2D eigenvalue weighted by Crippen LogP contribution is -2.26. The minimum atomic E-state index is -0.529. The normalized spacial score (nSPS) is 18.4. The smallest absolute Gasteiger partial charge is 0.337 e. The van der Waals surface area contributed by atoms with Crippen molar-refractivity contribution in [1.29, 1.82) is 0 Å². The summed E-state index contributed by atoms with van der Waals surface area (Å²) < 4.78 is 4.67. The molecule has 1 aromatic carbocycles. The van der Waals surface area contributed by atoms with Crippen LogP contribution in [0.4, 0.5) is 0 Å². The van der Waals surface area contributed by atoms with Crippen molar-refractivity contribution in [3.63, 3.8) is 0 Å². The monoisotopic (exact) mass is 288 g/mol. The number of aliphatic hydroxyl groups is 1. The molecule has 1 aliphatic carbocycles. The van der Waals surface area contributed by atoms with Gasteiger partial charge < -0.3 is 9.84 Å². The minimum absolute atomic E-state index is 0.321. The van der Waals surface area contributed by atoms with Crippen molar-refractivity contribution in [3.05, 3.63) is 41.5 Å². The van der Waals surface area contributed by atoms with E-state index < -0.39 is 5.60 Å². The molecule has 0 heterocycles. The molecule has 114 valence electrons. The van der Waals surface area contributed by atoms with Crippen molar-refractivity contribution in [2.24, 2.45) is 0 Å². The molecule has 1 saturated carbocycles. The van der Waals surface area contributed by atoms with E-state index in [4.69, 9.17) is 0 Å². The second-order valence-corrected chi connectivity index (χ2v) is 5.86. The van der Waals surface area contributed by atoms with Crippen LogP contribution in [-0.4, -0.2) is 23.8 Å². The van der Waals surface area contributed by atoms with Crippen LogP contribution in [0.1, 0.15) is 60.9 Å². The number of hydrogen-bond donors (Lipinski definition) is 1. The van der Waals surface area contributed by atoms with E-state index in [0.29, 0.717) is 12.0 Å². The first-order chi connectivity index (χ1) is 10.1. The van der Waals surface area contributed by atoms with Crippen LogP contribution in [0.5, 0.6) is 0 Å². The maximum Gasteiger partial charge on any atom is 0.337 e. The zero-order valence-corrected chi connectivity index (χ0v) is 12.7. The van der Waals surface area contributed by atoms with Crippen molar-refractivity contribution in [3.8, 4) is 0 Å². The molecule has 0 amide bonds. The van der Waals surface area contributed by atoms with Crippen LogP contribution >= 0.6 is 0 Å². The quantitative estimate of drug-likeness (QED) is 0.674. The highest BCUT2D eigenvalue weighted by Crippen LogP contribution is 2.30. The first-order valence-corrected chi connectivity index (χ1v) is 7.70. The van der Waals surface area contributed by atoms with Gasteiger partial charge in [-0.05, 0) is 37.0 Å². The van der Waals surface area contributed by atoms with Gasteiger partial charge in [-0.25, -0.2) is 4.79 Å². The van der Waals surface area contributed by atoms with Crippen LogP contribution in [0, 0.1) is 0 Å². The summed E-state index contributed by atoms with van der Waals surface area (Å²) in [5.41, 5.74) is 1.05. The third-order valence-electron chi connectivity index (χ3n) is 4.17. The molecule has 1 aromatic rings. The van der Waals surface area contributed by atoms with E-state index in [1.807, 2.05) is 24.3 Å². The van der Waals surface area contributed by atoms with E-state index in [1.165, 1.54) is 20.0 Å². The van der Waals surface area contributed by atoms with Gasteiger partial charge in [-0.3, -0.25) is 0 Å². The van der Waals surface area contributed by atoms with Gasteiger partial charge in [0.15, 0.2) is 0 Å². The number of carbonyl (C=O) groups excluding carboxylic acids is 1. The molecule has 0 saturated heterocycles. The number of hydrogen-bond acceptors (Lipinski definition) is 3. The molecule has 1 N–H and O–H groups in total. The highest BCUT2D eigenvalue weighted by atomic mass is 16.5. The Hall–Kier alpha value is -1.61. The zero-order chi connectivity index (χ0) is 15.1. The van der Waals surface area contributed by atoms with Gasteiger partial charge in [0.25, 0.3) is 0 Å². The second kappa shape index (κ2) is 7.41. The first-order valence-electron chi connectivity index (χ1n) is 7.70. The standard InChI is InChI=1S/C18H24O3/c1-21-17(19)16-10-8-15(9-11-16)7-6-14-18(20)12-4-2-3-5-13-18/h6-11,20H,2-5,12-14H2,1H3/b7-6+. The van der Waals surface area contributed by atoms with E-state index in [1.54, 1.807) is 12.1 Å². The van der Waals surface area contributed by atoms with Gasteiger partial charge in [0, 0.05) is 0 Å². The van der Waals surface area contributed by atoms with Crippen LogP contribution < -0.4 is 0 Å². The van der Waals surface area contributed by atoms with E-state index >= 15 is 0 Å². The molecule has 0 spiro atoms. The summed E-state index contributed by atoms with van der Waals surface area (Å²) in [5.74, 6) is -0.321. The van der Waals surface area contributed by atoms with Gasteiger partial charge in [-0.2, -0.15) is 0 Å². The van der Waals surface area contributed by atoms with E-state index in [-0.39, 0.29) is 5.97 Å². The molecule has 3 nitrogen and oxygen atoms in total. The van der Waals surface area contributed by atoms with Crippen molar-refractivity contribution in [2.45, 2.75) is 50.5 Å². The van der Waals surface area contributed by atoms with Crippen LogP contribution in [0.15, 0.2) is 30.3 Å². The predicted octanol–water partition coefficient (Wildman–Crippen LogP) is 3.96. The van der Waals surface area contributed by atoms with Crippen molar-refractivity contribution in [1.82, 2.24) is 0 Å². The molecule has 3 heteroatoms. The number of benzene rings is 1. The van der Waals surface area contributed by atoms with Gasteiger partial charge in [0.05, 0.1) is 18.3 Å². The van der Waals surface area contributed by atoms with Crippen LogP contribution in [-0.2, 0) is 4.74 Å². The molecule has 0 atom stereocenters. The lowest BCUT2D eigenvalue weighted by molar-refractivity contribution is 0.0280. The van der Waals surface area contributed by atoms with Crippen molar-refractivity contribution in [2.75, 3.05) is 7.11 Å². The third-order valence-corrected chi connectivity index (χ3v) is 4.17. The maximum absolute atomic E-state index is 11.3. The van der Waals surface area contributed by atoms with Crippen LogP contribution in [0.25, 0.3) is 6.08 Å². The summed E-state index contributed by atoms with van der Waals surface area (Å²) in [7, 11) is 1.38. The molecule has 0 aromatic heterocycles. The Labute approximate surface area is 126 Å². The second-order valence-electron chi connectivity index (χ2n) is 5.86. The fourth-order valence-corrected chi connectivity index (χ4v) is 2.85. The Kier molecular flexibility index (Phi) is 5.57. The summed E-state index contributed by atoms with van der Waals surface area (Å²) in [5, 5.41) is 10.6. The van der Waals surface area contributed by atoms with Gasteiger partial charge >= 0.3 is 5.97 Å². The Balaban J connectivity index is 1.93. The molecule has 1 fully saturated rings. The minimum Gasteiger partial charge on any atom is -0.465 e. The Morgan fingerprint density at radius 3 is 2.38 bits per heavy atom. The number of rotatable bonds is 4. The highest BCUT2D eigenvalue weighted by molar-refractivity contribution is 5.89. The van der Waals surface area contributed by atoms with Crippen LogP contribution in [0.3, 0.4) is 0 Å². The number of ether oxygens (including phenoxy) is 1. The Bertz CT molecular complexity index is 480. The number of carbonyl (C=O) groups is 1. The molecule has 0 radical (unpaired) electrons. The molecule has 1 aliphatic rings. The largest absolute Gasteiger partial charge is 0.465 e. The van der Waals surface area contributed by atoms with E-state index in [2.05, 4.69) is 4.74 Å². The van der Waals surface area contributed by atoms with Gasteiger partial charge in [-0.15, -0.1) is 0 Å². The average molecular weight is 288 g/mol. The highest BCUT2D eigenvalue weighted by Gasteiger charge is 2.26. The molecule has 21 heavy (non-hydrogen) atoms. The van der Waals surface area contributed by atoms with Gasteiger partial charge in [0.1, 0.15) is 0 Å². The Morgan fingerprint density at radius 1 is 1.19 bits per heavy atom. The van der Waals surface area contributed by atoms with Crippen molar-refractivity contribution < 1.29 is 14.6 Å². The average Bonchev–Trinajstić information content (AvgIpc) is 2.72. The molecule has 0 bridgehead atoms. The summed E-state index contributed by atoms with van der Waals surface area (Å²) >= 11 is 0.